The van der Waals surface area contributed by atoms with Crippen LogP contribution in [0.15, 0.2) is 54.6 Å². The zero-order chi connectivity index (χ0) is 37.5. The van der Waals surface area contributed by atoms with Crippen LogP contribution in [0.25, 0.3) is 0 Å². The zero-order valence-corrected chi connectivity index (χ0v) is 30.9. The van der Waals surface area contributed by atoms with E-state index in [4.69, 9.17) is 0 Å². The van der Waals surface area contributed by atoms with Crippen molar-refractivity contribution in [3.8, 4) is 0 Å². The molecule has 0 saturated carbocycles. The Morgan fingerprint density at radius 2 is 1.61 bits per heavy atom. The molecule has 1 heterocycles. The molecule has 0 aromatic heterocycles. The number of aliphatic hydroxyl groups excluding tert-OH is 2. The molecule has 0 saturated heterocycles. The van der Waals surface area contributed by atoms with Gasteiger partial charge in [0.15, 0.2) is 9.84 Å². The summed E-state index contributed by atoms with van der Waals surface area (Å²) in [6.07, 6.45) is 0.0200. The highest BCUT2D eigenvalue weighted by molar-refractivity contribution is 7.91. The highest BCUT2D eigenvalue weighted by Crippen LogP contribution is 2.37. The molecule has 0 bridgehead atoms. The normalized spacial score (nSPS) is 17.8. The molecule has 278 valence electrons. The van der Waals surface area contributed by atoms with Gasteiger partial charge < -0.3 is 25.7 Å². The van der Waals surface area contributed by atoms with Crippen molar-refractivity contribution in [2.75, 3.05) is 26.2 Å². The third-order valence-electron chi connectivity index (χ3n) is 9.34. The Labute approximate surface area is 300 Å². The van der Waals surface area contributed by atoms with Crippen LogP contribution in [0.5, 0.6) is 0 Å². The maximum Gasteiger partial charge on any atom is 0.253 e. The molecular formula is C39H51F2N3O6S. The molecule has 51 heavy (non-hydrogen) atoms. The zero-order valence-electron chi connectivity index (χ0n) is 30.1. The monoisotopic (exact) mass is 727 g/mol. The molecule has 0 aliphatic carbocycles. The Hall–Kier alpha value is -3.71. The van der Waals surface area contributed by atoms with Crippen molar-refractivity contribution in [1.29, 1.82) is 0 Å². The Kier molecular flexibility index (Phi) is 13.9. The number of sulfone groups is 1. The summed E-state index contributed by atoms with van der Waals surface area (Å²) >= 11 is 0. The molecular weight excluding hydrogens is 677 g/mol. The largest absolute Gasteiger partial charge is 0.396 e. The molecule has 3 aromatic rings. The van der Waals surface area contributed by atoms with Crippen LogP contribution in [-0.2, 0) is 22.0 Å². The summed E-state index contributed by atoms with van der Waals surface area (Å²) in [6.45, 7) is 10.4. The van der Waals surface area contributed by atoms with E-state index in [-0.39, 0.29) is 54.7 Å². The van der Waals surface area contributed by atoms with E-state index in [0.29, 0.717) is 29.8 Å². The molecule has 12 heteroatoms. The van der Waals surface area contributed by atoms with Gasteiger partial charge in [0.25, 0.3) is 11.8 Å². The predicted octanol–water partition coefficient (Wildman–Crippen LogP) is 5.37. The summed E-state index contributed by atoms with van der Waals surface area (Å²) < 4.78 is 55.3. The van der Waals surface area contributed by atoms with Crippen molar-refractivity contribution < 1.29 is 37.0 Å². The average Bonchev–Trinajstić information content (AvgIpc) is 3.06. The second-order valence-corrected chi connectivity index (χ2v) is 16.1. The van der Waals surface area contributed by atoms with Crippen LogP contribution < -0.4 is 10.6 Å². The lowest BCUT2D eigenvalue weighted by atomic mass is 9.91. The number of aryl methyl sites for hydroxylation is 1. The van der Waals surface area contributed by atoms with Crippen LogP contribution in [0.1, 0.15) is 107 Å². The van der Waals surface area contributed by atoms with E-state index < -0.39 is 50.8 Å². The van der Waals surface area contributed by atoms with Crippen molar-refractivity contribution >= 4 is 21.7 Å². The number of carbonyl (C=O) groups excluding carboxylic acids is 2. The Morgan fingerprint density at radius 3 is 2.22 bits per heavy atom. The molecule has 1 aliphatic heterocycles. The number of amides is 2. The number of nitrogens with zero attached hydrogens (tertiary/aromatic N) is 1. The fourth-order valence-corrected chi connectivity index (χ4v) is 8.85. The van der Waals surface area contributed by atoms with Gasteiger partial charge >= 0.3 is 0 Å². The molecule has 0 spiro atoms. The molecule has 2 amide bonds. The van der Waals surface area contributed by atoms with Gasteiger partial charge in [-0.2, -0.15) is 0 Å². The molecule has 4 rings (SSSR count). The highest BCUT2D eigenvalue weighted by Gasteiger charge is 2.40. The van der Waals surface area contributed by atoms with Gasteiger partial charge in [-0.15, -0.1) is 0 Å². The number of carbonyl (C=O) groups is 2. The van der Waals surface area contributed by atoms with Crippen molar-refractivity contribution in [1.82, 2.24) is 15.5 Å². The van der Waals surface area contributed by atoms with Crippen molar-refractivity contribution in [3.63, 3.8) is 0 Å². The van der Waals surface area contributed by atoms with E-state index in [9.17, 15) is 37.0 Å². The van der Waals surface area contributed by atoms with Crippen LogP contribution >= 0.6 is 0 Å². The first-order valence-corrected chi connectivity index (χ1v) is 19.4. The summed E-state index contributed by atoms with van der Waals surface area (Å²) in [7, 11) is -3.68. The maximum absolute atomic E-state index is 14.2. The van der Waals surface area contributed by atoms with Crippen molar-refractivity contribution in [3.05, 3.63) is 105 Å². The van der Waals surface area contributed by atoms with Crippen LogP contribution in [-0.4, -0.2) is 79.0 Å². The number of benzene rings is 3. The van der Waals surface area contributed by atoms with Crippen molar-refractivity contribution in [2.24, 2.45) is 0 Å². The maximum atomic E-state index is 14.2. The van der Waals surface area contributed by atoms with Crippen LogP contribution in [0.2, 0.25) is 0 Å². The van der Waals surface area contributed by atoms with Crippen LogP contribution in [0.3, 0.4) is 0 Å². The standard InChI is InChI=1S/C39H51F2N3O6S/c1-6-11-44(12-7-2)39(48)30-15-25(5)14-29(19-30)38(47)43-34(18-26-16-31(40)21-32(41)17-26)35(46)22-42-37-33-20-27(24(3)4)8-9-28(33)23-51(49,50)36(37)10-13-45/h8-9,14-17,19-21,24,34-37,42,45-46H,6-7,10-13,18,22-23H2,1-5H3,(H,43,47)/t34-,35+,36-,37+/m0/s1. The fraction of sp³-hybridized carbons (Fsp3) is 0.487. The minimum atomic E-state index is -3.68. The molecule has 1 aliphatic rings. The van der Waals surface area contributed by atoms with Gasteiger partial charge in [-0.05, 0) is 96.7 Å². The Morgan fingerprint density at radius 1 is 0.961 bits per heavy atom. The van der Waals surface area contributed by atoms with Gasteiger partial charge in [0.1, 0.15) is 11.6 Å². The van der Waals surface area contributed by atoms with Crippen LogP contribution in [0.4, 0.5) is 8.78 Å². The summed E-state index contributed by atoms with van der Waals surface area (Å²) in [6, 6.07) is 11.6. The molecule has 4 N–H and O–H groups in total. The molecule has 0 radical (unpaired) electrons. The lowest BCUT2D eigenvalue weighted by Crippen LogP contribution is -2.51. The number of halogens is 2. The summed E-state index contributed by atoms with van der Waals surface area (Å²) in [5.41, 5.74) is 3.78. The fourth-order valence-electron chi connectivity index (χ4n) is 6.82. The average molecular weight is 728 g/mol. The van der Waals surface area contributed by atoms with Crippen LogP contribution in [0, 0.1) is 18.6 Å². The van der Waals surface area contributed by atoms with E-state index in [2.05, 4.69) is 10.6 Å². The summed E-state index contributed by atoms with van der Waals surface area (Å²) in [5, 5.41) is 26.5. The number of nitrogens with one attached hydrogen (secondary N) is 2. The molecule has 3 aromatic carbocycles. The molecule has 4 atom stereocenters. The third-order valence-corrected chi connectivity index (χ3v) is 11.5. The lowest BCUT2D eigenvalue weighted by Gasteiger charge is -2.36. The number of hydrogen-bond acceptors (Lipinski definition) is 7. The Bertz CT molecular complexity index is 1780. The van der Waals surface area contributed by atoms with Gasteiger partial charge in [0.05, 0.1) is 23.1 Å². The van der Waals surface area contributed by atoms with Crippen molar-refractivity contribution in [2.45, 2.75) is 95.4 Å². The number of hydrogen-bond donors (Lipinski definition) is 4. The van der Waals surface area contributed by atoms with E-state index in [1.54, 1.807) is 30.0 Å². The van der Waals surface area contributed by atoms with E-state index >= 15 is 0 Å². The first kappa shape index (κ1) is 40.1. The SMILES string of the molecule is CCCN(CCC)C(=O)c1cc(C)cc(C(=O)N[C@@H](Cc2cc(F)cc(F)c2)[C@H](O)CN[C@@H]2c3cc(C(C)C)ccc3CS(=O)(=O)[C@H]2CCO)c1. The number of aliphatic hydroxyl groups is 2. The second-order valence-electron chi connectivity index (χ2n) is 13.9. The molecule has 9 nitrogen and oxygen atoms in total. The predicted molar refractivity (Wildman–Crippen MR) is 194 cm³/mol. The van der Waals surface area contributed by atoms with E-state index in [0.717, 1.165) is 42.2 Å². The summed E-state index contributed by atoms with van der Waals surface area (Å²) in [5.74, 6) is -2.44. The first-order chi connectivity index (χ1) is 24.2. The quantitative estimate of drug-likeness (QED) is 0.156. The van der Waals surface area contributed by atoms with E-state index in [1.165, 1.54) is 6.07 Å². The highest BCUT2D eigenvalue weighted by atomic mass is 32.2. The van der Waals surface area contributed by atoms with Gasteiger partial charge in [-0.1, -0.05) is 45.9 Å². The molecule has 0 unspecified atom stereocenters. The van der Waals surface area contributed by atoms with Gasteiger partial charge in [-0.3, -0.25) is 9.59 Å². The van der Waals surface area contributed by atoms with Gasteiger partial charge in [0, 0.05) is 49.5 Å². The minimum absolute atomic E-state index is 0.0213. The Balaban J connectivity index is 1.65. The van der Waals surface area contributed by atoms with E-state index in [1.807, 2.05) is 39.8 Å². The van der Waals surface area contributed by atoms with Gasteiger partial charge in [-0.25, -0.2) is 17.2 Å². The van der Waals surface area contributed by atoms with Gasteiger partial charge in [0.2, 0.25) is 0 Å². The minimum Gasteiger partial charge on any atom is -0.396 e. The molecule has 0 fully saturated rings. The topological polar surface area (TPSA) is 136 Å². The first-order valence-electron chi connectivity index (χ1n) is 17.7. The second kappa shape index (κ2) is 17.7. The number of rotatable bonds is 16. The number of fused-ring (bicyclic) bond motifs is 1. The lowest BCUT2D eigenvalue weighted by molar-refractivity contribution is 0.0755. The summed E-state index contributed by atoms with van der Waals surface area (Å²) in [4.78, 5) is 28.9. The third kappa shape index (κ3) is 10.2. The smallest absolute Gasteiger partial charge is 0.253 e.